The van der Waals surface area contributed by atoms with Gasteiger partial charge in [-0.1, -0.05) is 11.6 Å². The predicted molar refractivity (Wildman–Crippen MR) is 90.1 cm³/mol. The smallest absolute Gasteiger partial charge is 0.347 e. The molecule has 6 heteroatoms. The summed E-state index contributed by atoms with van der Waals surface area (Å²) >= 11 is 0. The topological polar surface area (TPSA) is 70.8 Å². The third kappa shape index (κ3) is 2.67. The minimum atomic E-state index is -0.449. The van der Waals surface area contributed by atoms with Crippen molar-refractivity contribution in [3.63, 3.8) is 0 Å². The van der Waals surface area contributed by atoms with E-state index < -0.39 is 5.63 Å². The van der Waals surface area contributed by atoms with Gasteiger partial charge in [0.15, 0.2) is 11.5 Å². The molecule has 24 heavy (non-hydrogen) atoms. The normalized spacial score (nSPS) is 10.7. The lowest BCUT2D eigenvalue weighted by Crippen LogP contribution is -2.04. The van der Waals surface area contributed by atoms with Gasteiger partial charge >= 0.3 is 5.63 Å². The molecule has 6 nitrogen and oxygen atoms in total. The number of nitrogens with zero attached hydrogens (tertiary/aromatic N) is 1. The molecule has 0 amide bonds. The molecule has 0 spiro atoms. The zero-order valence-electron chi connectivity index (χ0n) is 13.9. The highest BCUT2D eigenvalue weighted by atomic mass is 16.5. The zero-order chi connectivity index (χ0) is 17.3. The van der Waals surface area contributed by atoms with Gasteiger partial charge in [0, 0.05) is 12.1 Å². The highest BCUT2D eigenvalue weighted by Crippen LogP contribution is 2.39. The van der Waals surface area contributed by atoms with E-state index in [-0.39, 0.29) is 5.89 Å². The van der Waals surface area contributed by atoms with Crippen LogP contribution in [0, 0.1) is 6.92 Å². The fraction of sp³-hybridized carbons (Fsp3) is 0.222. The molecule has 0 fully saturated rings. The fourth-order valence-corrected chi connectivity index (χ4v) is 2.50. The average molecular weight is 327 g/mol. The van der Waals surface area contributed by atoms with Crippen LogP contribution in [0.25, 0.3) is 22.4 Å². The molecule has 0 saturated heterocycles. The van der Waals surface area contributed by atoms with Gasteiger partial charge in [0.1, 0.15) is 5.75 Å². The van der Waals surface area contributed by atoms with E-state index in [1.165, 1.54) is 21.3 Å². The van der Waals surface area contributed by atoms with Crippen molar-refractivity contribution in [2.24, 2.45) is 0 Å². The molecule has 1 heterocycles. The van der Waals surface area contributed by atoms with Gasteiger partial charge in [0.05, 0.1) is 37.8 Å². The summed E-state index contributed by atoms with van der Waals surface area (Å²) < 4.78 is 21.3. The van der Waals surface area contributed by atoms with E-state index in [0.717, 1.165) is 5.56 Å². The summed E-state index contributed by atoms with van der Waals surface area (Å²) in [5.41, 5.74) is 1.59. The first-order valence-corrected chi connectivity index (χ1v) is 7.29. The van der Waals surface area contributed by atoms with Gasteiger partial charge in [-0.25, -0.2) is 9.78 Å². The Balaban J connectivity index is 2.27. The summed E-state index contributed by atoms with van der Waals surface area (Å²) in [4.78, 5) is 16.7. The van der Waals surface area contributed by atoms with Crippen molar-refractivity contribution in [3.8, 4) is 28.7 Å². The van der Waals surface area contributed by atoms with Crippen LogP contribution >= 0.6 is 0 Å². The van der Waals surface area contributed by atoms with Gasteiger partial charge in [-0.05, 0) is 19.1 Å². The van der Waals surface area contributed by atoms with Crippen LogP contribution in [-0.2, 0) is 0 Å². The Kier molecular flexibility index (Phi) is 4.12. The molecule has 0 aliphatic heterocycles. The standard InChI is InChI=1S/C18H17NO5/c1-10-5-6-13-11(7-10)18(20)24-17(19-13)12-8-15(22-3)16(23-4)9-14(12)21-2/h5-9H,1-4H3. The lowest BCUT2D eigenvalue weighted by atomic mass is 10.1. The van der Waals surface area contributed by atoms with E-state index in [4.69, 9.17) is 18.6 Å². The van der Waals surface area contributed by atoms with Crippen molar-refractivity contribution in [1.82, 2.24) is 4.98 Å². The predicted octanol–water partition coefficient (Wildman–Crippen LogP) is 3.19. The first-order valence-electron chi connectivity index (χ1n) is 7.29. The number of hydrogen-bond donors (Lipinski definition) is 0. The van der Waals surface area contributed by atoms with Crippen molar-refractivity contribution in [1.29, 1.82) is 0 Å². The third-order valence-corrected chi connectivity index (χ3v) is 3.72. The largest absolute Gasteiger partial charge is 0.496 e. The minimum absolute atomic E-state index is 0.161. The Bertz CT molecular complexity index is 962. The summed E-state index contributed by atoms with van der Waals surface area (Å²) in [5, 5.41) is 0.443. The summed E-state index contributed by atoms with van der Waals surface area (Å²) in [6.45, 7) is 1.91. The second kappa shape index (κ2) is 6.23. The molecule has 3 rings (SSSR count). The number of aromatic nitrogens is 1. The number of methoxy groups -OCH3 is 3. The maximum atomic E-state index is 12.3. The van der Waals surface area contributed by atoms with Crippen LogP contribution in [0.5, 0.6) is 17.2 Å². The number of aryl methyl sites for hydroxylation is 1. The van der Waals surface area contributed by atoms with Crippen LogP contribution in [0.4, 0.5) is 0 Å². The Morgan fingerprint density at radius 3 is 2.25 bits per heavy atom. The van der Waals surface area contributed by atoms with Crippen molar-refractivity contribution in [2.75, 3.05) is 21.3 Å². The molecule has 0 atom stereocenters. The van der Waals surface area contributed by atoms with Crippen LogP contribution in [0.3, 0.4) is 0 Å². The van der Waals surface area contributed by atoms with Crippen LogP contribution in [0.1, 0.15) is 5.56 Å². The fourth-order valence-electron chi connectivity index (χ4n) is 2.50. The van der Waals surface area contributed by atoms with Crippen LogP contribution in [0.15, 0.2) is 39.5 Å². The molecular formula is C18H17NO5. The van der Waals surface area contributed by atoms with E-state index in [9.17, 15) is 4.79 Å². The lowest BCUT2D eigenvalue weighted by molar-refractivity contribution is 0.349. The first-order chi connectivity index (χ1) is 11.6. The average Bonchev–Trinajstić information content (AvgIpc) is 2.60. The maximum Gasteiger partial charge on any atom is 0.347 e. The van der Waals surface area contributed by atoms with Crippen molar-refractivity contribution in [3.05, 3.63) is 46.3 Å². The molecule has 0 unspecified atom stereocenters. The number of benzene rings is 2. The number of ether oxygens (including phenoxy) is 3. The minimum Gasteiger partial charge on any atom is -0.496 e. The molecule has 2 aromatic carbocycles. The summed E-state index contributed by atoms with van der Waals surface area (Å²) in [5.74, 6) is 1.63. The van der Waals surface area contributed by atoms with E-state index in [1.54, 1.807) is 24.3 Å². The van der Waals surface area contributed by atoms with Gasteiger partial charge in [-0.15, -0.1) is 0 Å². The highest BCUT2D eigenvalue weighted by Gasteiger charge is 2.18. The number of fused-ring (bicyclic) bond motifs is 1. The molecule has 124 valence electrons. The second-order valence-electron chi connectivity index (χ2n) is 5.23. The van der Waals surface area contributed by atoms with Gasteiger partial charge in [0.2, 0.25) is 5.89 Å². The Hall–Kier alpha value is -3.02. The summed E-state index contributed by atoms with van der Waals surface area (Å²) in [7, 11) is 4.59. The summed E-state index contributed by atoms with van der Waals surface area (Å²) in [6, 6.07) is 8.77. The Labute approximate surface area is 138 Å². The Morgan fingerprint density at radius 1 is 0.917 bits per heavy atom. The van der Waals surface area contributed by atoms with Crippen molar-refractivity contribution >= 4 is 10.9 Å². The van der Waals surface area contributed by atoms with E-state index in [2.05, 4.69) is 4.98 Å². The highest BCUT2D eigenvalue weighted by molar-refractivity contribution is 5.80. The van der Waals surface area contributed by atoms with Crippen LogP contribution in [0.2, 0.25) is 0 Å². The van der Waals surface area contributed by atoms with E-state index in [0.29, 0.717) is 33.7 Å². The quantitative estimate of drug-likeness (QED) is 0.733. The molecule has 0 radical (unpaired) electrons. The van der Waals surface area contributed by atoms with Crippen LogP contribution < -0.4 is 19.8 Å². The molecule has 0 aliphatic rings. The number of hydrogen-bond acceptors (Lipinski definition) is 6. The molecule has 1 aromatic heterocycles. The SMILES string of the molecule is COc1cc(OC)c(-c2nc3ccc(C)cc3c(=O)o2)cc1OC. The molecule has 0 saturated carbocycles. The van der Waals surface area contributed by atoms with Gasteiger partial charge in [0.25, 0.3) is 0 Å². The number of rotatable bonds is 4. The van der Waals surface area contributed by atoms with E-state index >= 15 is 0 Å². The second-order valence-corrected chi connectivity index (χ2v) is 5.23. The van der Waals surface area contributed by atoms with Crippen molar-refractivity contribution in [2.45, 2.75) is 6.92 Å². The molecule has 3 aromatic rings. The van der Waals surface area contributed by atoms with E-state index in [1.807, 2.05) is 13.0 Å². The van der Waals surface area contributed by atoms with Gasteiger partial charge < -0.3 is 18.6 Å². The Morgan fingerprint density at radius 2 is 1.58 bits per heavy atom. The first kappa shape index (κ1) is 15.9. The molecule has 0 aliphatic carbocycles. The summed E-state index contributed by atoms with van der Waals surface area (Å²) in [6.07, 6.45) is 0. The lowest BCUT2D eigenvalue weighted by Gasteiger charge is -2.13. The van der Waals surface area contributed by atoms with Crippen LogP contribution in [-0.4, -0.2) is 26.3 Å². The van der Waals surface area contributed by atoms with Gasteiger partial charge in [-0.2, -0.15) is 0 Å². The van der Waals surface area contributed by atoms with Gasteiger partial charge in [-0.3, -0.25) is 0 Å². The monoisotopic (exact) mass is 327 g/mol. The third-order valence-electron chi connectivity index (χ3n) is 3.72. The molecule has 0 N–H and O–H groups in total. The maximum absolute atomic E-state index is 12.3. The molecular weight excluding hydrogens is 310 g/mol. The van der Waals surface area contributed by atoms with Crippen molar-refractivity contribution < 1.29 is 18.6 Å². The zero-order valence-corrected chi connectivity index (χ0v) is 13.9. The molecule has 0 bridgehead atoms.